The maximum Gasteiger partial charge on any atom is 0.253 e. The Morgan fingerprint density at radius 1 is 1.10 bits per heavy atom. The number of amides is 2. The van der Waals surface area contributed by atoms with Crippen molar-refractivity contribution in [3.8, 4) is 0 Å². The summed E-state index contributed by atoms with van der Waals surface area (Å²) in [6.07, 6.45) is 5.19. The average molecular weight is 440 g/mol. The molecule has 160 valence electrons. The number of piperidine rings is 1. The van der Waals surface area contributed by atoms with Gasteiger partial charge in [-0.2, -0.15) is 0 Å². The van der Waals surface area contributed by atoms with E-state index in [0.29, 0.717) is 23.0 Å². The highest BCUT2D eigenvalue weighted by Gasteiger charge is 2.32. The number of carbonyl (C=O) groups is 2. The van der Waals surface area contributed by atoms with E-state index in [1.54, 1.807) is 18.2 Å². The molecule has 2 aliphatic heterocycles. The van der Waals surface area contributed by atoms with Crippen LogP contribution >= 0.6 is 23.2 Å². The molecule has 0 aromatic heterocycles. The summed E-state index contributed by atoms with van der Waals surface area (Å²) in [6, 6.07) is 4.81. The fourth-order valence-electron chi connectivity index (χ4n) is 4.38. The maximum absolute atomic E-state index is 13.2. The van der Waals surface area contributed by atoms with E-state index in [0.717, 1.165) is 25.9 Å². The first-order valence-corrected chi connectivity index (χ1v) is 11.4. The number of nitrogens with zero attached hydrogens (tertiary/aromatic N) is 2. The Morgan fingerprint density at radius 2 is 1.76 bits per heavy atom. The predicted octanol–water partition coefficient (Wildman–Crippen LogP) is 4.22. The highest BCUT2D eigenvalue weighted by Crippen LogP contribution is 2.23. The summed E-state index contributed by atoms with van der Waals surface area (Å²) in [7, 11) is 0. The van der Waals surface area contributed by atoms with Crippen molar-refractivity contribution < 1.29 is 9.59 Å². The lowest BCUT2D eigenvalue weighted by Gasteiger charge is -2.38. The molecule has 1 N–H and O–H groups in total. The number of likely N-dealkylation sites (tertiary alicyclic amines) is 2. The Hall–Kier alpha value is -1.30. The molecule has 1 aromatic rings. The molecule has 3 rings (SSSR count). The van der Waals surface area contributed by atoms with Gasteiger partial charge in [-0.25, -0.2) is 0 Å². The lowest BCUT2D eigenvalue weighted by Crippen LogP contribution is -2.53. The van der Waals surface area contributed by atoms with Gasteiger partial charge in [0.2, 0.25) is 5.91 Å². The van der Waals surface area contributed by atoms with E-state index < -0.39 is 6.04 Å². The van der Waals surface area contributed by atoms with Crippen LogP contribution in [0.1, 0.15) is 56.3 Å². The summed E-state index contributed by atoms with van der Waals surface area (Å²) in [4.78, 5) is 30.5. The summed E-state index contributed by atoms with van der Waals surface area (Å²) < 4.78 is 0. The van der Waals surface area contributed by atoms with Crippen LogP contribution in [0.3, 0.4) is 0 Å². The van der Waals surface area contributed by atoms with Gasteiger partial charge in [0.05, 0.1) is 10.6 Å². The molecule has 2 saturated heterocycles. The van der Waals surface area contributed by atoms with Crippen LogP contribution < -0.4 is 5.32 Å². The molecule has 0 saturated carbocycles. The van der Waals surface area contributed by atoms with Crippen molar-refractivity contribution in [3.63, 3.8) is 0 Å². The smallest absolute Gasteiger partial charge is 0.253 e. The van der Waals surface area contributed by atoms with Crippen LogP contribution in [0.25, 0.3) is 0 Å². The van der Waals surface area contributed by atoms with Gasteiger partial charge in [-0.15, -0.1) is 0 Å². The Bertz CT molecular complexity index is 727. The zero-order valence-corrected chi connectivity index (χ0v) is 18.8. The first-order valence-electron chi connectivity index (χ1n) is 10.6. The standard InChI is InChI=1S/C22H31Cl2N3O2/c1-15(2)13-20(25-21(28)18-6-5-16(23)14-19(18)24)22(29)27-11-7-17(8-12-27)26-9-3-4-10-26/h5-6,14-15,17,20H,3-4,7-13H2,1-2H3,(H,25,28). The van der Waals surface area contributed by atoms with Gasteiger partial charge in [-0.1, -0.05) is 37.0 Å². The van der Waals surface area contributed by atoms with Crippen LogP contribution in [0, 0.1) is 5.92 Å². The molecule has 7 heteroatoms. The van der Waals surface area contributed by atoms with Crippen molar-refractivity contribution in [1.29, 1.82) is 0 Å². The molecule has 0 bridgehead atoms. The van der Waals surface area contributed by atoms with Gasteiger partial charge < -0.3 is 15.1 Å². The van der Waals surface area contributed by atoms with E-state index in [-0.39, 0.29) is 22.8 Å². The first-order chi connectivity index (χ1) is 13.8. The number of rotatable bonds is 6. The molecule has 2 heterocycles. The van der Waals surface area contributed by atoms with E-state index in [1.807, 2.05) is 4.90 Å². The molecule has 1 aromatic carbocycles. The molecular formula is C22H31Cl2N3O2. The minimum atomic E-state index is -0.544. The van der Waals surface area contributed by atoms with Crippen LogP contribution in [-0.2, 0) is 4.79 Å². The molecule has 2 fully saturated rings. The zero-order chi connectivity index (χ0) is 21.0. The van der Waals surface area contributed by atoms with Crippen molar-refractivity contribution in [2.24, 2.45) is 5.92 Å². The minimum absolute atomic E-state index is 0.0111. The largest absolute Gasteiger partial charge is 0.341 e. The molecular weight excluding hydrogens is 409 g/mol. The van der Waals surface area contributed by atoms with Crippen molar-refractivity contribution in [3.05, 3.63) is 33.8 Å². The van der Waals surface area contributed by atoms with Gasteiger partial charge in [0.15, 0.2) is 0 Å². The van der Waals surface area contributed by atoms with E-state index >= 15 is 0 Å². The number of hydrogen-bond donors (Lipinski definition) is 1. The number of hydrogen-bond acceptors (Lipinski definition) is 3. The Kier molecular flexibility index (Phi) is 7.83. The molecule has 1 atom stereocenters. The second-order valence-electron chi connectivity index (χ2n) is 8.58. The van der Waals surface area contributed by atoms with Crippen LogP contribution in [0.15, 0.2) is 18.2 Å². The summed E-state index contributed by atoms with van der Waals surface area (Å²) in [5.74, 6) is -0.0401. The van der Waals surface area contributed by atoms with Crippen LogP contribution in [0.2, 0.25) is 10.0 Å². The molecule has 5 nitrogen and oxygen atoms in total. The van der Waals surface area contributed by atoms with Gasteiger partial charge in [0.25, 0.3) is 5.91 Å². The SMILES string of the molecule is CC(C)CC(NC(=O)c1ccc(Cl)cc1Cl)C(=O)N1CCC(N2CCCC2)CC1. The van der Waals surface area contributed by atoms with Gasteiger partial charge in [0.1, 0.15) is 6.04 Å². The summed E-state index contributed by atoms with van der Waals surface area (Å²) in [6.45, 7) is 8.00. The third kappa shape index (κ3) is 5.87. The highest BCUT2D eigenvalue weighted by molar-refractivity contribution is 6.36. The van der Waals surface area contributed by atoms with Gasteiger partial charge in [0, 0.05) is 24.2 Å². The molecule has 1 unspecified atom stereocenters. The van der Waals surface area contributed by atoms with E-state index in [2.05, 4.69) is 24.1 Å². The van der Waals surface area contributed by atoms with Crippen molar-refractivity contribution >= 4 is 35.0 Å². The van der Waals surface area contributed by atoms with Crippen molar-refractivity contribution in [2.75, 3.05) is 26.2 Å². The Balaban J connectivity index is 1.63. The van der Waals surface area contributed by atoms with Gasteiger partial charge in [-0.05, 0) is 69.3 Å². The topological polar surface area (TPSA) is 52.7 Å². The molecule has 2 amide bonds. The van der Waals surface area contributed by atoms with Crippen molar-refractivity contribution in [2.45, 2.75) is 58.0 Å². The van der Waals surface area contributed by atoms with E-state index in [9.17, 15) is 9.59 Å². The Morgan fingerprint density at radius 3 is 2.34 bits per heavy atom. The lowest BCUT2D eigenvalue weighted by molar-refractivity contribution is -0.135. The van der Waals surface area contributed by atoms with E-state index in [1.165, 1.54) is 25.9 Å². The maximum atomic E-state index is 13.2. The average Bonchev–Trinajstić information content (AvgIpc) is 3.21. The first kappa shape index (κ1) is 22.4. The molecule has 29 heavy (non-hydrogen) atoms. The fraction of sp³-hybridized carbons (Fsp3) is 0.636. The fourth-order valence-corrected chi connectivity index (χ4v) is 4.88. The monoisotopic (exact) mass is 439 g/mol. The number of nitrogens with one attached hydrogen (secondary N) is 1. The summed E-state index contributed by atoms with van der Waals surface area (Å²) in [5.41, 5.74) is 0.338. The quantitative estimate of drug-likeness (QED) is 0.721. The van der Waals surface area contributed by atoms with Crippen molar-refractivity contribution in [1.82, 2.24) is 15.1 Å². The van der Waals surface area contributed by atoms with Crippen LogP contribution in [0.4, 0.5) is 0 Å². The highest BCUT2D eigenvalue weighted by atomic mass is 35.5. The third-order valence-electron chi connectivity index (χ3n) is 5.92. The summed E-state index contributed by atoms with van der Waals surface area (Å²) in [5, 5.41) is 3.68. The minimum Gasteiger partial charge on any atom is -0.341 e. The number of benzene rings is 1. The molecule has 0 aliphatic carbocycles. The predicted molar refractivity (Wildman–Crippen MR) is 118 cm³/mol. The molecule has 0 spiro atoms. The van der Waals surface area contributed by atoms with E-state index in [4.69, 9.17) is 23.2 Å². The molecule has 2 aliphatic rings. The zero-order valence-electron chi connectivity index (χ0n) is 17.3. The normalized spacial score (nSPS) is 19.6. The van der Waals surface area contributed by atoms with Crippen LogP contribution in [-0.4, -0.2) is 59.9 Å². The lowest BCUT2D eigenvalue weighted by atomic mass is 9.99. The molecule has 0 radical (unpaired) electrons. The van der Waals surface area contributed by atoms with Crippen LogP contribution in [0.5, 0.6) is 0 Å². The second-order valence-corrected chi connectivity index (χ2v) is 9.42. The number of carbonyl (C=O) groups excluding carboxylic acids is 2. The summed E-state index contributed by atoms with van der Waals surface area (Å²) >= 11 is 12.1. The number of halogens is 2. The third-order valence-corrected chi connectivity index (χ3v) is 6.47. The van der Waals surface area contributed by atoms with Gasteiger partial charge >= 0.3 is 0 Å². The van der Waals surface area contributed by atoms with Gasteiger partial charge in [-0.3, -0.25) is 9.59 Å². The second kappa shape index (κ2) is 10.1. The Labute approximate surface area is 183 Å².